The molecule has 0 saturated carbocycles. The van der Waals surface area contributed by atoms with Crippen LogP contribution in [0, 0.1) is 6.92 Å². The van der Waals surface area contributed by atoms with Crippen molar-refractivity contribution < 1.29 is 14.3 Å². The van der Waals surface area contributed by atoms with Gasteiger partial charge in [0.1, 0.15) is 6.26 Å². The number of amides is 2. The van der Waals surface area contributed by atoms with Gasteiger partial charge in [-0.3, -0.25) is 0 Å². The molecule has 26 heavy (non-hydrogen) atoms. The van der Waals surface area contributed by atoms with Crippen molar-refractivity contribution in [2.45, 2.75) is 25.5 Å². The van der Waals surface area contributed by atoms with Crippen molar-refractivity contribution in [3.63, 3.8) is 0 Å². The molecule has 3 aromatic rings. The van der Waals surface area contributed by atoms with Gasteiger partial charge in [0.05, 0.1) is 17.8 Å². The Kier molecular flexibility index (Phi) is 4.18. The molecule has 2 atom stereocenters. The minimum atomic E-state index is -0.625. The predicted octanol–water partition coefficient (Wildman–Crippen LogP) is 3.43. The number of nitrogens with zero attached hydrogens (tertiary/aromatic N) is 1. The number of aryl methyl sites for hydroxylation is 1. The first-order valence-electron chi connectivity index (χ1n) is 8.46. The third kappa shape index (κ3) is 3.19. The van der Waals surface area contributed by atoms with Gasteiger partial charge < -0.3 is 20.2 Å². The molecular weight excluding hydrogens is 330 g/mol. The predicted molar refractivity (Wildman–Crippen MR) is 97.7 cm³/mol. The summed E-state index contributed by atoms with van der Waals surface area (Å²) in [6, 6.07) is 14.2. The average Bonchev–Trinajstić information content (AvgIpc) is 3.19. The zero-order valence-electron chi connectivity index (χ0n) is 14.3. The second kappa shape index (κ2) is 6.65. The van der Waals surface area contributed by atoms with Crippen molar-refractivity contribution in [3.8, 4) is 11.5 Å². The third-order valence-electron chi connectivity index (χ3n) is 4.48. The van der Waals surface area contributed by atoms with Crippen molar-refractivity contribution in [2.75, 3.05) is 5.32 Å². The third-order valence-corrected chi connectivity index (χ3v) is 4.48. The molecule has 0 radical (unpaired) electrons. The van der Waals surface area contributed by atoms with E-state index >= 15 is 0 Å². The SMILES string of the molecule is Cc1coc(-c2cccc(NC(=O)N[C@@H]3c4ccccc4C[C@@H]3O)c2)n1. The van der Waals surface area contributed by atoms with E-state index in [-0.39, 0.29) is 6.03 Å². The van der Waals surface area contributed by atoms with Gasteiger partial charge >= 0.3 is 6.03 Å². The summed E-state index contributed by atoms with van der Waals surface area (Å²) in [4.78, 5) is 16.7. The van der Waals surface area contributed by atoms with Crippen LogP contribution in [-0.2, 0) is 6.42 Å². The van der Waals surface area contributed by atoms with Gasteiger partial charge in [-0.05, 0) is 36.2 Å². The molecule has 2 amide bonds. The molecule has 0 saturated heterocycles. The average molecular weight is 349 g/mol. The maximum absolute atomic E-state index is 12.4. The Morgan fingerprint density at radius 1 is 1.23 bits per heavy atom. The van der Waals surface area contributed by atoms with E-state index in [0.29, 0.717) is 18.0 Å². The van der Waals surface area contributed by atoms with E-state index in [4.69, 9.17) is 4.42 Å². The molecule has 6 heteroatoms. The highest BCUT2D eigenvalue weighted by Crippen LogP contribution is 2.31. The summed E-state index contributed by atoms with van der Waals surface area (Å²) in [5, 5.41) is 15.9. The molecule has 3 N–H and O–H groups in total. The number of oxazole rings is 1. The molecule has 0 fully saturated rings. The summed E-state index contributed by atoms with van der Waals surface area (Å²) in [5.74, 6) is 0.506. The molecule has 0 unspecified atom stereocenters. The van der Waals surface area contributed by atoms with E-state index in [2.05, 4.69) is 15.6 Å². The first-order valence-corrected chi connectivity index (χ1v) is 8.46. The molecule has 1 aliphatic rings. The fraction of sp³-hybridized carbons (Fsp3) is 0.200. The zero-order chi connectivity index (χ0) is 18.1. The van der Waals surface area contributed by atoms with Crippen LogP contribution in [-0.4, -0.2) is 22.2 Å². The number of carbonyl (C=O) groups is 1. The fourth-order valence-corrected chi connectivity index (χ4v) is 3.27. The van der Waals surface area contributed by atoms with E-state index in [1.165, 1.54) is 0 Å². The minimum absolute atomic E-state index is 0.369. The summed E-state index contributed by atoms with van der Waals surface area (Å²) < 4.78 is 5.40. The van der Waals surface area contributed by atoms with Gasteiger partial charge in [-0.25, -0.2) is 9.78 Å². The lowest BCUT2D eigenvalue weighted by Crippen LogP contribution is -2.36. The smallest absolute Gasteiger partial charge is 0.319 e. The van der Waals surface area contributed by atoms with Crippen molar-refractivity contribution in [3.05, 3.63) is 71.6 Å². The van der Waals surface area contributed by atoms with Crippen LogP contribution < -0.4 is 10.6 Å². The number of carbonyl (C=O) groups excluding carboxylic acids is 1. The van der Waals surface area contributed by atoms with Gasteiger partial charge in [-0.1, -0.05) is 30.3 Å². The number of fused-ring (bicyclic) bond motifs is 1. The van der Waals surface area contributed by atoms with Crippen LogP contribution in [0.5, 0.6) is 0 Å². The van der Waals surface area contributed by atoms with Crippen LogP contribution >= 0.6 is 0 Å². The number of aliphatic hydroxyl groups excluding tert-OH is 1. The van der Waals surface area contributed by atoms with Gasteiger partial charge in [0, 0.05) is 17.7 Å². The summed E-state index contributed by atoms with van der Waals surface area (Å²) >= 11 is 0. The number of benzene rings is 2. The fourth-order valence-electron chi connectivity index (χ4n) is 3.27. The number of urea groups is 1. The summed E-state index contributed by atoms with van der Waals surface area (Å²) in [6.07, 6.45) is 1.50. The van der Waals surface area contributed by atoms with Crippen molar-refractivity contribution in [1.82, 2.24) is 10.3 Å². The number of rotatable bonds is 3. The molecule has 0 bridgehead atoms. The molecule has 4 rings (SSSR count). The monoisotopic (exact) mass is 349 g/mol. The highest BCUT2D eigenvalue weighted by atomic mass is 16.3. The Bertz CT molecular complexity index is 951. The van der Waals surface area contributed by atoms with Gasteiger partial charge in [0.25, 0.3) is 0 Å². The van der Waals surface area contributed by atoms with Gasteiger partial charge in [0.2, 0.25) is 5.89 Å². The van der Waals surface area contributed by atoms with Gasteiger partial charge in [-0.15, -0.1) is 0 Å². The van der Waals surface area contributed by atoms with E-state index in [1.807, 2.05) is 43.3 Å². The second-order valence-corrected chi connectivity index (χ2v) is 6.42. The Balaban J connectivity index is 1.47. The van der Waals surface area contributed by atoms with Crippen LogP contribution in [0.3, 0.4) is 0 Å². The zero-order valence-corrected chi connectivity index (χ0v) is 14.3. The van der Waals surface area contributed by atoms with E-state index in [9.17, 15) is 9.90 Å². The summed E-state index contributed by atoms with van der Waals surface area (Å²) in [5.41, 5.74) is 4.22. The largest absolute Gasteiger partial charge is 0.444 e. The molecule has 1 aliphatic carbocycles. The normalized spacial score (nSPS) is 18.4. The van der Waals surface area contributed by atoms with Gasteiger partial charge in [-0.2, -0.15) is 0 Å². The van der Waals surface area contributed by atoms with Crippen LogP contribution in [0.1, 0.15) is 22.9 Å². The first kappa shape index (κ1) is 16.4. The van der Waals surface area contributed by atoms with E-state index < -0.39 is 12.1 Å². The van der Waals surface area contributed by atoms with E-state index in [1.54, 1.807) is 18.4 Å². The maximum Gasteiger partial charge on any atom is 0.319 e. The summed E-state index contributed by atoms with van der Waals surface area (Å²) in [7, 11) is 0. The molecule has 0 aliphatic heterocycles. The highest BCUT2D eigenvalue weighted by molar-refractivity contribution is 5.90. The molecular formula is C20H19N3O3. The molecule has 132 valence electrons. The second-order valence-electron chi connectivity index (χ2n) is 6.42. The highest BCUT2D eigenvalue weighted by Gasteiger charge is 2.31. The topological polar surface area (TPSA) is 87.4 Å². The molecule has 1 aromatic heterocycles. The molecule has 6 nitrogen and oxygen atoms in total. The molecule has 1 heterocycles. The van der Waals surface area contributed by atoms with E-state index in [0.717, 1.165) is 22.4 Å². The number of anilines is 1. The Hall–Kier alpha value is -3.12. The summed E-state index contributed by atoms with van der Waals surface area (Å²) in [6.45, 7) is 1.85. The number of nitrogens with one attached hydrogen (secondary N) is 2. The maximum atomic E-state index is 12.4. The standard InChI is InChI=1S/C20H19N3O3/c1-12-11-26-19(21-12)14-6-4-7-15(9-14)22-20(25)23-18-16-8-3-2-5-13(16)10-17(18)24/h2-9,11,17-18,24H,10H2,1H3,(H2,22,23,25)/t17-,18+/m0/s1. The molecule has 0 spiro atoms. The number of hydrogen-bond donors (Lipinski definition) is 3. The van der Waals surface area contributed by atoms with Gasteiger partial charge in [0.15, 0.2) is 0 Å². The minimum Gasteiger partial charge on any atom is -0.444 e. The first-order chi connectivity index (χ1) is 12.6. The van der Waals surface area contributed by atoms with Crippen LogP contribution in [0.15, 0.2) is 59.2 Å². The Morgan fingerprint density at radius 3 is 2.88 bits per heavy atom. The van der Waals surface area contributed by atoms with Crippen molar-refractivity contribution in [1.29, 1.82) is 0 Å². The number of hydrogen-bond acceptors (Lipinski definition) is 4. The lowest BCUT2D eigenvalue weighted by atomic mass is 10.1. The quantitative estimate of drug-likeness (QED) is 0.676. The number of aliphatic hydroxyl groups is 1. The van der Waals surface area contributed by atoms with Crippen LogP contribution in [0.2, 0.25) is 0 Å². The molecule has 2 aromatic carbocycles. The number of aromatic nitrogens is 1. The van der Waals surface area contributed by atoms with Crippen molar-refractivity contribution >= 4 is 11.7 Å². The van der Waals surface area contributed by atoms with Crippen LogP contribution in [0.4, 0.5) is 10.5 Å². The lowest BCUT2D eigenvalue weighted by molar-refractivity contribution is 0.144. The Morgan fingerprint density at radius 2 is 2.08 bits per heavy atom. The lowest BCUT2D eigenvalue weighted by Gasteiger charge is -2.18. The van der Waals surface area contributed by atoms with Crippen molar-refractivity contribution in [2.24, 2.45) is 0 Å². The van der Waals surface area contributed by atoms with Crippen LogP contribution in [0.25, 0.3) is 11.5 Å². The Labute approximate surface area is 150 Å².